The van der Waals surface area contributed by atoms with Crippen molar-refractivity contribution >= 4 is 29.9 Å². The zero-order valence-corrected chi connectivity index (χ0v) is 13.8. The molecule has 1 aromatic heterocycles. The van der Waals surface area contributed by atoms with Crippen LogP contribution in [0.5, 0.6) is 0 Å². The highest BCUT2D eigenvalue weighted by molar-refractivity contribution is 14.0. The van der Waals surface area contributed by atoms with Crippen LogP contribution in [0.1, 0.15) is 18.2 Å². The second-order valence-electron chi connectivity index (χ2n) is 4.40. The van der Waals surface area contributed by atoms with Crippen LogP contribution in [0.2, 0.25) is 0 Å². The number of aryl methyl sites for hydroxylation is 2. The molecular weight excluding hydrogens is 357 g/mol. The summed E-state index contributed by atoms with van der Waals surface area (Å²) in [5.41, 5.74) is 8.23. The molecule has 0 spiro atoms. The molecule has 6 nitrogen and oxygen atoms in total. The fourth-order valence-corrected chi connectivity index (χ4v) is 2.07. The average molecular weight is 379 g/mol. The maximum atomic E-state index is 5.99. The Labute approximate surface area is 131 Å². The van der Waals surface area contributed by atoms with E-state index in [1.165, 1.54) is 0 Å². The van der Waals surface area contributed by atoms with Gasteiger partial charge < -0.3 is 15.4 Å². The van der Waals surface area contributed by atoms with Crippen LogP contribution < -0.4 is 5.73 Å². The maximum absolute atomic E-state index is 5.99. The molecule has 0 aromatic carbocycles. The molecule has 1 saturated heterocycles. The monoisotopic (exact) mass is 379 g/mol. The van der Waals surface area contributed by atoms with Crippen molar-refractivity contribution in [3.63, 3.8) is 0 Å². The Morgan fingerprint density at radius 3 is 2.79 bits per heavy atom. The molecule has 1 aliphatic rings. The van der Waals surface area contributed by atoms with Gasteiger partial charge in [0.05, 0.1) is 25.5 Å². The van der Waals surface area contributed by atoms with Crippen LogP contribution in [0.3, 0.4) is 0 Å². The number of aliphatic imine (C=N–C) groups is 1. The number of nitrogens with zero attached hydrogens (tertiary/aromatic N) is 4. The zero-order chi connectivity index (χ0) is 13.0. The molecule has 19 heavy (non-hydrogen) atoms. The average Bonchev–Trinajstić information content (AvgIpc) is 2.77. The number of hydrogen-bond acceptors (Lipinski definition) is 3. The fraction of sp³-hybridized carbons (Fsp3) is 0.667. The van der Waals surface area contributed by atoms with Gasteiger partial charge in [-0.05, 0) is 6.42 Å². The van der Waals surface area contributed by atoms with Crippen molar-refractivity contribution in [3.05, 3.63) is 17.5 Å². The van der Waals surface area contributed by atoms with E-state index in [0.717, 1.165) is 44.0 Å². The van der Waals surface area contributed by atoms with Crippen molar-refractivity contribution in [2.75, 3.05) is 26.3 Å². The number of guanidine groups is 1. The molecule has 0 atom stereocenters. The normalized spacial score (nSPS) is 16.3. The van der Waals surface area contributed by atoms with Crippen molar-refractivity contribution in [2.45, 2.75) is 19.9 Å². The molecule has 0 amide bonds. The summed E-state index contributed by atoms with van der Waals surface area (Å²) in [4.78, 5) is 6.51. The topological polar surface area (TPSA) is 68.7 Å². The summed E-state index contributed by atoms with van der Waals surface area (Å²) in [5, 5.41) is 4.39. The fourth-order valence-electron chi connectivity index (χ4n) is 2.07. The van der Waals surface area contributed by atoms with E-state index in [0.29, 0.717) is 12.5 Å². The molecule has 1 fully saturated rings. The van der Waals surface area contributed by atoms with E-state index >= 15 is 0 Å². The summed E-state index contributed by atoms with van der Waals surface area (Å²) in [6, 6.07) is 0. The lowest BCUT2D eigenvalue weighted by molar-refractivity contribution is 0.0674. The van der Waals surface area contributed by atoms with E-state index < -0.39 is 0 Å². The molecular formula is C12H22IN5O. The van der Waals surface area contributed by atoms with Gasteiger partial charge in [-0.2, -0.15) is 5.10 Å². The van der Waals surface area contributed by atoms with Gasteiger partial charge in [0, 0.05) is 31.9 Å². The van der Waals surface area contributed by atoms with Crippen molar-refractivity contribution in [1.29, 1.82) is 0 Å². The first-order chi connectivity index (χ1) is 8.70. The summed E-state index contributed by atoms with van der Waals surface area (Å²) in [5.74, 6) is 0.601. The second-order valence-corrected chi connectivity index (χ2v) is 4.40. The van der Waals surface area contributed by atoms with Gasteiger partial charge in [-0.25, -0.2) is 4.99 Å². The third-order valence-corrected chi connectivity index (χ3v) is 3.07. The molecule has 1 aromatic rings. The summed E-state index contributed by atoms with van der Waals surface area (Å²) < 4.78 is 7.11. The van der Waals surface area contributed by atoms with E-state index in [2.05, 4.69) is 21.9 Å². The van der Waals surface area contributed by atoms with E-state index in [-0.39, 0.29) is 24.0 Å². The molecule has 2 heterocycles. The number of nitrogens with two attached hydrogens (primary N) is 1. The van der Waals surface area contributed by atoms with Crippen molar-refractivity contribution < 1.29 is 4.74 Å². The largest absolute Gasteiger partial charge is 0.378 e. The smallest absolute Gasteiger partial charge is 0.191 e. The summed E-state index contributed by atoms with van der Waals surface area (Å²) in [7, 11) is 1.93. The van der Waals surface area contributed by atoms with Crippen LogP contribution in [0, 0.1) is 0 Å². The van der Waals surface area contributed by atoms with E-state index in [9.17, 15) is 0 Å². The van der Waals surface area contributed by atoms with E-state index in [1.54, 1.807) is 0 Å². The van der Waals surface area contributed by atoms with Gasteiger partial charge in [-0.15, -0.1) is 24.0 Å². The van der Waals surface area contributed by atoms with Crippen LogP contribution in [0.25, 0.3) is 0 Å². The minimum Gasteiger partial charge on any atom is -0.378 e. The van der Waals surface area contributed by atoms with Crippen LogP contribution in [-0.2, 0) is 24.8 Å². The van der Waals surface area contributed by atoms with Crippen molar-refractivity contribution in [3.8, 4) is 0 Å². The summed E-state index contributed by atoms with van der Waals surface area (Å²) in [6.07, 6.45) is 2.93. The zero-order valence-electron chi connectivity index (χ0n) is 11.5. The highest BCUT2D eigenvalue weighted by Crippen LogP contribution is 2.09. The summed E-state index contributed by atoms with van der Waals surface area (Å²) >= 11 is 0. The van der Waals surface area contributed by atoms with Gasteiger partial charge in [0.2, 0.25) is 0 Å². The first kappa shape index (κ1) is 16.2. The van der Waals surface area contributed by atoms with Gasteiger partial charge >= 0.3 is 0 Å². The third-order valence-electron chi connectivity index (χ3n) is 3.07. The Balaban J connectivity index is 0.00000180. The van der Waals surface area contributed by atoms with Crippen molar-refractivity contribution in [2.24, 2.45) is 17.8 Å². The molecule has 108 valence electrons. The first-order valence-electron chi connectivity index (χ1n) is 6.34. The van der Waals surface area contributed by atoms with Gasteiger partial charge in [0.15, 0.2) is 5.96 Å². The predicted octanol–water partition coefficient (Wildman–Crippen LogP) is 0.747. The minimum atomic E-state index is 0. The Kier molecular flexibility index (Phi) is 6.56. The molecule has 0 saturated carbocycles. The number of rotatable bonds is 3. The molecule has 0 unspecified atom stereocenters. The van der Waals surface area contributed by atoms with Crippen LogP contribution in [0.4, 0.5) is 0 Å². The molecule has 0 aliphatic carbocycles. The van der Waals surface area contributed by atoms with Gasteiger partial charge in [0.25, 0.3) is 0 Å². The third kappa shape index (κ3) is 4.34. The molecule has 2 rings (SSSR count). The van der Waals surface area contributed by atoms with Crippen LogP contribution in [-0.4, -0.2) is 46.9 Å². The molecule has 0 bridgehead atoms. The number of ether oxygens (including phenoxy) is 1. The Morgan fingerprint density at radius 2 is 2.16 bits per heavy atom. The predicted molar refractivity (Wildman–Crippen MR) is 85.7 cm³/mol. The van der Waals surface area contributed by atoms with Crippen molar-refractivity contribution in [1.82, 2.24) is 14.7 Å². The molecule has 2 N–H and O–H groups in total. The number of aromatic nitrogens is 2. The SMILES string of the molecule is CCc1nn(C)cc1CN=C(N)N1CCOCC1.I. The van der Waals surface area contributed by atoms with E-state index in [1.807, 2.05) is 17.9 Å². The quantitative estimate of drug-likeness (QED) is 0.478. The number of morpholine rings is 1. The van der Waals surface area contributed by atoms with Crippen LogP contribution >= 0.6 is 24.0 Å². The highest BCUT2D eigenvalue weighted by Gasteiger charge is 2.12. The molecule has 0 radical (unpaired) electrons. The lowest BCUT2D eigenvalue weighted by Gasteiger charge is -2.27. The number of hydrogen-bond donors (Lipinski definition) is 1. The van der Waals surface area contributed by atoms with Gasteiger partial charge in [0.1, 0.15) is 0 Å². The summed E-state index contributed by atoms with van der Waals surface area (Å²) in [6.45, 7) is 5.79. The Hall–Kier alpha value is -0.830. The van der Waals surface area contributed by atoms with E-state index in [4.69, 9.17) is 10.5 Å². The Morgan fingerprint density at radius 1 is 1.47 bits per heavy atom. The second kappa shape index (κ2) is 7.68. The minimum absolute atomic E-state index is 0. The van der Waals surface area contributed by atoms with Gasteiger partial charge in [-0.3, -0.25) is 4.68 Å². The lowest BCUT2D eigenvalue weighted by atomic mass is 10.2. The highest BCUT2D eigenvalue weighted by atomic mass is 127. The lowest BCUT2D eigenvalue weighted by Crippen LogP contribution is -2.44. The maximum Gasteiger partial charge on any atom is 0.191 e. The van der Waals surface area contributed by atoms with Crippen LogP contribution in [0.15, 0.2) is 11.2 Å². The molecule has 7 heteroatoms. The molecule has 1 aliphatic heterocycles. The first-order valence-corrected chi connectivity index (χ1v) is 6.34. The standard InChI is InChI=1S/C12H21N5O.HI/c1-3-11-10(9-16(2)15-11)8-14-12(13)17-4-6-18-7-5-17;/h9H,3-8H2,1-2H3,(H2,13,14);1H. The Bertz CT molecular complexity index is 426. The van der Waals surface area contributed by atoms with Gasteiger partial charge in [-0.1, -0.05) is 6.92 Å². The number of halogens is 1.